The molecule has 0 aliphatic carbocycles. The number of benzene rings is 1. The average molecular weight is 238 g/mol. The summed E-state index contributed by atoms with van der Waals surface area (Å²) in [6.07, 6.45) is 0. The highest BCUT2D eigenvalue weighted by Gasteiger charge is 2.19. The summed E-state index contributed by atoms with van der Waals surface area (Å²) >= 11 is 6.02. The number of aryl methyl sites for hydroxylation is 3. The van der Waals surface area contributed by atoms with Gasteiger partial charge in [0, 0.05) is 12.4 Å². The number of hydrogen-bond donors (Lipinski definition) is 1. The maximum atomic E-state index is 11.1. The first-order valence-electron chi connectivity index (χ1n) is 4.92. The molecule has 1 aromatic heterocycles. The number of rotatable bonds is 1. The monoisotopic (exact) mass is 237 g/mol. The Balaban J connectivity index is 2.97. The van der Waals surface area contributed by atoms with Crippen molar-refractivity contribution in [3.63, 3.8) is 0 Å². The van der Waals surface area contributed by atoms with Crippen LogP contribution in [-0.4, -0.2) is 15.6 Å². The molecule has 2 aromatic rings. The van der Waals surface area contributed by atoms with Crippen LogP contribution < -0.4 is 0 Å². The Bertz CT molecular complexity index is 599. The summed E-state index contributed by atoms with van der Waals surface area (Å²) in [7, 11) is 1.77. The minimum absolute atomic E-state index is 0.183. The molecule has 0 bridgehead atoms. The molecule has 84 valence electrons. The van der Waals surface area contributed by atoms with Crippen LogP contribution in [0.4, 0.5) is 0 Å². The molecule has 0 unspecified atom stereocenters. The topological polar surface area (TPSA) is 42.2 Å². The summed E-state index contributed by atoms with van der Waals surface area (Å²) in [6.45, 7) is 3.96. The summed E-state index contributed by atoms with van der Waals surface area (Å²) in [5.74, 6) is -0.987. The maximum Gasteiger partial charge on any atom is 0.339 e. The molecule has 0 saturated heterocycles. The van der Waals surface area contributed by atoms with Crippen molar-refractivity contribution in [2.75, 3.05) is 0 Å². The van der Waals surface area contributed by atoms with Crippen molar-refractivity contribution in [3.05, 3.63) is 34.0 Å². The van der Waals surface area contributed by atoms with Crippen LogP contribution in [0.1, 0.15) is 21.5 Å². The number of aromatic nitrogens is 1. The minimum Gasteiger partial charge on any atom is -0.478 e. The van der Waals surface area contributed by atoms with Crippen LogP contribution >= 0.6 is 11.6 Å². The summed E-state index contributed by atoms with van der Waals surface area (Å²) < 4.78 is 1.70. The van der Waals surface area contributed by atoms with Crippen LogP contribution in [0.25, 0.3) is 10.9 Å². The Labute approximate surface area is 98.3 Å². The van der Waals surface area contributed by atoms with Gasteiger partial charge in [-0.05, 0) is 37.1 Å². The molecule has 0 aliphatic heterocycles. The Kier molecular flexibility index (Phi) is 2.43. The van der Waals surface area contributed by atoms with Crippen LogP contribution in [0.5, 0.6) is 0 Å². The number of hydrogen-bond acceptors (Lipinski definition) is 1. The molecule has 0 amide bonds. The highest BCUT2D eigenvalue weighted by atomic mass is 35.5. The van der Waals surface area contributed by atoms with Crippen LogP contribution in [0.3, 0.4) is 0 Å². The van der Waals surface area contributed by atoms with E-state index < -0.39 is 5.97 Å². The summed E-state index contributed by atoms with van der Waals surface area (Å²) in [4.78, 5) is 11.1. The van der Waals surface area contributed by atoms with Crippen LogP contribution in [0, 0.1) is 13.8 Å². The lowest BCUT2D eigenvalue weighted by Gasteiger charge is -2.02. The van der Waals surface area contributed by atoms with Gasteiger partial charge in [0.2, 0.25) is 0 Å². The molecule has 0 spiro atoms. The van der Waals surface area contributed by atoms with E-state index in [0.717, 1.165) is 16.6 Å². The van der Waals surface area contributed by atoms with Gasteiger partial charge >= 0.3 is 5.97 Å². The Morgan fingerprint density at radius 3 is 2.44 bits per heavy atom. The van der Waals surface area contributed by atoms with Gasteiger partial charge in [-0.1, -0.05) is 11.6 Å². The van der Waals surface area contributed by atoms with Gasteiger partial charge in [0.15, 0.2) is 0 Å². The van der Waals surface area contributed by atoms with Crippen molar-refractivity contribution in [1.82, 2.24) is 4.57 Å². The Hall–Kier alpha value is -1.48. The van der Waals surface area contributed by atoms with E-state index in [1.165, 1.54) is 0 Å². The van der Waals surface area contributed by atoms with Crippen molar-refractivity contribution < 1.29 is 9.90 Å². The fourth-order valence-corrected chi connectivity index (χ4v) is 2.14. The Morgan fingerprint density at radius 2 is 1.88 bits per heavy atom. The van der Waals surface area contributed by atoms with E-state index >= 15 is 0 Å². The molecule has 0 radical (unpaired) electrons. The van der Waals surface area contributed by atoms with Gasteiger partial charge in [-0.3, -0.25) is 0 Å². The van der Waals surface area contributed by atoms with Gasteiger partial charge in [-0.2, -0.15) is 0 Å². The first-order valence-corrected chi connectivity index (χ1v) is 5.29. The van der Waals surface area contributed by atoms with Crippen molar-refractivity contribution in [2.45, 2.75) is 13.8 Å². The zero-order valence-electron chi connectivity index (χ0n) is 9.34. The highest BCUT2D eigenvalue weighted by Crippen LogP contribution is 2.30. The number of aromatic carboxylic acids is 1. The number of carboxylic acid groups (broad SMARTS) is 1. The zero-order valence-corrected chi connectivity index (χ0v) is 10.1. The lowest BCUT2D eigenvalue weighted by Crippen LogP contribution is -1.96. The van der Waals surface area contributed by atoms with E-state index in [1.54, 1.807) is 11.6 Å². The van der Waals surface area contributed by atoms with E-state index in [-0.39, 0.29) is 10.7 Å². The number of fused-ring (bicyclic) bond motifs is 1. The predicted octanol–water partition coefficient (Wildman–Crippen LogP) is 3.15. The molecule has 3 nitrogen and oxygen atoms in total. The molecule has 0 saturated carbocycles. The molecule has 4 heteroatoms. The van der Waals surface area contributed by atoms with Crippen LogP contribution in [0.15, 0.2) is 12.1 Å². The van der Waals surface area contributed by atoms with E-state index in [2.05, 4.69) is 0 Å². The third kappa shape index (κ3) is 1.39. The van der Waals surface area contributed by atoms with Gasteiger partial charge in [0.05, 0.1) is 5.52 Å². The van der Waals surface area contributed by atoms with E-state index in [4.69, 9.17) is 16.7 Å². The number of carbonyl (C=O) groups is 1. The van der Waals surface area contributed by atoms with Gasteiger partial charge < -0.3 is 9.67 Å². The minimum atomic E-state index is -0.987. The van der Waals surface area contributed by atoms with Gasteiger partial charge in [0.25, 0.3) is 0 Å². The molecule has 1 heterocycles. The second kappa shape index (κ2) is 3.52. The molecule has 16 heavy (non-hydrogen) atoms. The smallest absolute Gasteiger partial charge is 0.339 e. The number of halogens is 1. The largest absolute Gasteiger partial charge is 0.478 e. The first kappa shape index (κ1) is 11.0. The van der Waals surface area contributed by atoms with Crippen molar-refractivity contribution in [3.8, 4) is 0 Å². The second-order valence-electron chi connectivity index (χ2n) is 3.98. The highest BCUT2D eigenvalue weighted by molar-refractivity contribution is 6.35. The fourth-order valence-electron chi connectivity index (χ4n) is 1.87. The van der Waals surface area contributed by atoms with E-state index in [1.807, 2.05) is 26.0 Å². The van der Waals surface area contributed by atoms with E-state index in [9.17, 15) is 4.79 Å². The third-order valence-electron chi connectivity index (χ3n) is 2.96. The van der Waals surface area contributed by atoms with Crippen molar-refractivity contribution in [1.29, 1.82) is 0 Å². The van der Waals surface area contributed by atoms with Crippen LogP contribution in [0.2, 0.25) is 5.15 Å². The van der Waals surface area contributed by atoms with Gasteiger partial charge in [-0.15, -0.1) is 0 Å². The van der Waals surface area contributed by atoms with Gasteiger partial charge in [0.1, 0.15) is 10.7 Å². The van der Waals surface area contributed by atoms with Crippen LogP contribution in [-0.2, 0) is 7.05 Å². The Morgan fingerprint density at radius 1 is 1.31 bits per heavy atom. The van der Waals surface area contributed by atoms with Crippen molar-refractivity contribution >= 4 is 28.5 Å². The molecule has 2 rings (SSSR count). The van der Waals surface area contributed by atoms with Crippen molar-refractivity contribution in [2.24, 2.45) is 7.05 Å². The molecule has 0 atom stereocenters. The lowest BCUT2D eigenvalue weighted by molar-refractivity contribution is 0.0699. The predicted molar refractivity (Wildman–Crippen MR) is 64.4 cm³/mol. The molecule has 1 aromatic carbocycles. The van der Waals surface area contributed by atoms with Gasteiger partial charge in [-0.25, -0.2) is 4.79 Å². The SMILES string of the molecule is Cc1cc2c(C(=O)O)c(Cl)n(C)c2cc1C. The molecular formula is C12H12ClNO2. The number of nitrogens with zero attached hydrogens (tertiary/aromatic N) is 1. The maximum absolute atomic E-state index is 11.1. The zero-order chi connectivity index (χ0) is 12.0. The normalized spacial score (nSPS) is 11.0. The molecule has 1 N–H and O–H groups in total. The summed E-state index contributed by atoms with van der Waals surface area (Å²) in [5, 5.41) is 10.1. The lowest BCUT2D eigenvalue weighted by atomic mass is 10.1. The first-order chi connectivity index (χ1) is 7.43. The standard InChI is InChI=1S/C12H12ClNO2/c1-6-4-8-9(5-7(6)2)14(3)11(13)10(8)12(15)16/h4-5H,1-3H3,(H,15,16). The fraction of sp³-hybridized carbons (Fsp3) is 0.250. The molecular weight excluding hydrogens is 226 g/mol. The number of carboxylic acids is 1. The second-order valence-corrected chi connectivity index (χ2v) is 4.34. The average Bonchev–Trinajstić information content (AvgIpc) is 2.42. The quantitative estimate of drug-likeness (QED) is 0.828. The van der Waals surface area contributed by atoms with E-state index in [0.29, 0.717) is 5.39 Å². The summed E-state index contributed by atoms with van der Waals surface area (Å²) in [5.41, 5.74) is 3.23. The molecule has 0 fully saturated rings. The summed E-state index contributed by atoms with van der Waals surface area (Å²) in [6, 6.07) is 3.84. The molecule has 0 aliphatic rings. The third-order valence-corrected chi connectivity index (χ3v) is 3.40.